The van der Waals surface area contributed by atoms with E-state index in [4.69, 9.17) is 10.5 Å². The monoisotopic (exact) mass is 234 g/mol. The molecule has 1 aliphatic carbocycles. The molecule has 2 rings (SSSR count). The van der Waals surface area contributed by atoms with E-state index >= 15 is 0 Å². The van der Waals surface area contributed by atoms with E-state index in [1.165, 1.54) is 0 Å². The molecule has 1 saturated carbocycles. The molecule has 0 heterocycles. The van der Waals surface area contributed by atoms with Gasteiger partial charge in [-0.2, -0.15) is 0 Å². The van der Waals surface area contributed by atoms with Crippen LogP contribution in [0.5, 0.6) is 5.75 Å². The molecule has 1 aliphatic rings. The number of hydrogen-bond donors (Lipinski definition) is 2. The summed E-state index contributed by atoms with van der Waals surface area (Å²) in [4.78, 5) is 11.9. The predicted molar refractivity (Wildman–Crippen MR) is 67.1 cm³/mol. The Hall–Kier alpha value is -1.71. The first-order valence-electron chi connectivity index (χ1n) is 5.68. The van der Waals surface area contributed by atoms with Crippen molar-refractivity contribution in [2.75, 3.05) is 12.8 Å². The molecule has 17 heavy (non-hydrogen) atoms. The zero-order valence-electron chi connectivity index (χ0n) is 10.4. The van der Waals surface area contributed by atoms with E-state index in [1.807, 2.05) is 0 Å². The maximum absolute atomic E-state index is 11.9. The van der Waals surface area contributed by atoms with E-state index in [0.717, 1.165) is 6.42 Å². The normalized spacial score (nSPS) is 20.8. The summed E-state index contributed by atoms with van der Waals surface area (Å²) in [5, 5.41) is 2.99. The molecular formula is C13H18N2O2. The van der Waals surface area contributed by atoms with Gasteiger partial charge in [0.05, 0.1) is 12.8 Å². The number of carbonyl (C=O) groups is 1. The molecule has 1 fully saturated rings. The quantitative estimate of drug-likeness (QED) is 0.784. The minimum absolute atomic E-state index is 0.0741. The smallest absolute Gasteiger partial charge is 0.251 e. The summed E-state index contributed by atoms with van der Waals surface area (Å²) in [6, 6.07) is 5.35. The first-order valence-corrected chi connectivity index (χ1v) is 5.68. The molecule has 4 heteroatoms. The molecule has 3 N–H and O–H groups in total. The van der Waals surface area contributed by atoms with Crippen molar-refractivity contribution in [1.29, 1.82) is 0 Å². The second-order valence-corrected chi connectivity index (χ2v) is 5.18. The minimum atomic E-state index is -0.0741. The topological polar surface area (TPSA) is 64.3 Å². The summed E-state index contributed by atoms with van der Waals surface area (Å²) < 4.78 is 5.05. The van der Waals surface area contributed by atoms with Crippen LogP contribution in [0.1, 0.15) is 30.6 Å². The lowest BCUT2D eigenvalue weighted by Gasteiger charge is -2.09. The standard InChI is InChI=1S/C13H18N2O2/c1-13(2)7-11(13)15-12(16)8-4-5-10(17-3)9(14)6-8/h4-6,11H,7,14H2,1-3H3,(H,15,16). The Kier molecular flexibility index (Phi) is 2.73. The summed E-state index contributed by atoms with van der Waals surface area (Å²) in [5.41, 5.74) is 7.05. The lowest BCUT2D eigenvalue weighted by molar-refractivity contribution is 0.0946. The summed E-state index contributed by atoms with van der Waals surface area (Å²) in [6.45, 7) is 4.28. The van der Waals surface area contributed by atoms with Gasteiger partial charge < -0.3 is 15.8 Å². The zero-order valence-corrected chi connectivity index (χ0v) is 10.4. The Morgan fingerprint density at radius 3 is 2.65 bits per heavy atom. The largest absolute Gasteiger partial charge is 0.495 e. The third kappa shape index (κ3) is 2.35. The number of methoxy groups -OCH3 is 1. The van der Waals surface area contributed by atoms with Crippen LogP contribution < -0.4 is 15.8 Å². The number of hydrogen-bond acceptors (Lipinski definition) is 3. The number of benzene rings is 1. The van der Waals surface area contributed by atoms with Crippen molar-refractivity contribution >= 4 is 11.6 Å². The van der Waals surface area contributed by atoms with Crippen LogP contribution in [-0.2, 0) is 0 Å². The number of ether oxygens (including phenoxy) is 1. The van der Waals surface area contributed by atoms with E-state index in [-0.39, 0.29) is 17.4 Å². The van der Waals surface area contributed by atoms with E-state index in [2.05, 4.69) is 19.2 Å². The Morgan fingerprint density at radius 1 is 1.53 bits per heavy atom. The predicted octanol–water partition coefficient (Wildman–Crippen LogP) is 1.81. The fourth-order valence-electron chi connectivity index (χ4n) is 1.83. The number of nitrogens with two attached hydrogens (primary N) is 1. The van der Waals surface area contributed by atoms with Crippen LogP contribution in [0.15, 0.2) is 18.2 Å². The van der Waals surface area contributed by atoms with Gasteiger partial charge in [-0.25, -0.2) is 0 Å². The number of nitrogens with one attached hydrogen (secondary N) is 1. The molecule has 1 atom stereocenters. The molecule has 1 unspecified atom stereocenters. The van der Waals surface area contributed by atoms with Crippen molar-refractivity contribution in [3.05, 3.63) is 23.8 Å². The van der Waals surface area contributed by atoms with Gasteiger partial charge in [0, 0.05) is 11.6 Å². The van der Waals surface area contributed by atoms with Gasteiger partial charge in [0.15, 0.2) is 0 Å². The average Bonchev–Trinajstić information content (AvgIpc) is 2.85. The van der Waals surface area contributed by atoms with E-state index in [9.17, 15) is 4.79 Å². The molecule has 0 aliphatic heterocycles. The molecule has 0 aromatic heterocycles. The summed E-state index contributed by atoms with van der Waals surface area (Å²) >= 11 is 0. The molecule has 0 saturated heterocycles. The zero-order chi connectivity index (χ0) is 12.6. The summed E-state index contributed by atoms with van der Waals surface area (Å²) in [6.07, 6.45) is 1.03. The number of amides is 1. The van der Waals surface area contributed by atoms with Crippen molar-refractivity contribution in [2.45, 2.75) is 26.3 Å². The van der Waals surface area contributed by atoms with Crippen LogP contribution >= 0.6 is 0 Å². The van der Waals surface area contributed by atoms with Gasteiger partial charge in [0.1, 0.15) is 5.75 Å². The molecule has 4 nitrogen and oxygen atoms in total. The molecule has 0 bridgehead atoms. The van der Waals surface area contributed by atoms with Crippen LogP contribution in [-0.4, -0.2) is 19.1 Å². The highest BCUT2D eigenvalue weighted by Gasteiger charge is 2.46. The van der Waals surface area contributed by atoms with Crippen LogP contribution in [0.25, 0.3) is 0 Å². The minimum Gasteiger partial charge on any atom is -0.495 e. The Balaban J connectivity index is 2.07. The fraction of sp³-hybridized carbons (Fsp3) is 0.462. The fourth-order valence-corrected chi connectivity index (χ4v) is 1.83. The molecule has 92 valence electrons. The van der Waals surface area contributed by atoms with Crippen LogP contribution in [0.3, 0.4) is 0 Å². The molecular weight excluding hydrogens is 216 g/mol. The third-order valence-corrected chi connectivity index (χ3v) is 3.31. The van der Waals surface area contributed by atoms with Gasteiger partial charge in [-0.3, -0.25) is 4.79 Å². The van der Waals surface area contributed by atoms with E-state index in [1.54, 1.807) is 25.3 Å². The number of anilines is 1. The van der Waals surface area contributed by atoms with Crippen molar-refractivity contribution in [3.63, 3.8) is 0 Å². The van der Waals surface area contributed by atoms with Gasteiger partial charge in [-0.05, 0) is 30.0 Å². The van der Waals surface area contributed by atoms with Crippen LogP contribution in [0.2, 0.25) is 0 Å². The molecule has 0 radical (unpaired) electrons. The van der Waals surface area contributed by atoms with Crippen molar-refractivity contribution in [2.24, 2.45) is 5.41 Å². The van der Waals surface area contributed by atoms with Crippen molar-refractivity contribution in [3.8, 4) is 5.75 Å². The number of nitrogen functional groups attached to an aromatic ring is 1. The second kappa shape index (κ2) is 3.95. The van der Waals surface area contributed by atoms with Gasteiger partial charge >= 0.3 is 0 Å². The summed E-state index contributed by atoms with van der Waals surface area (Å²) in [5.74, 6) is 0.517. The SMILES string of the molecule is COc1ccc(C(=O)NC2CC2(C)C)cc1N. The number of carbonyl (C=O) groups excluding carboxylic acids is 1. The lowest BCUT2D eigenvalue weighted by atomic mass is 10.1. The first-order chi connectivity index (χ1) is 7.94. The molecule has 0 spiro atoms. The number of rotatable bonds is 3. The van der Waals surface area contributed by atoms with Gasteiger partial charge in [-0.15, -0.1) is 0 Å². The Labute approximate surface area is 101 Å². The highest BCUT2D eigenvalue weighted by atomic mass is 16.5. The second-order valence-electron chi connectivity index (χ2n) is 5.18. The van der Waals surface area contributed by atoms with Gasteiger partial charge in [-0.1, -0.05) is 13.8 Å². The molecule has 1 amide bonds. The van der Waals surface area contributed by atoms with Crippen molar-refractivity contribution < 1.29 is 9.53 Å². The Bertz CT molecular complexity index is 455. The summed E-state index contributed by atoms with van der Waals surface area (Å²) in [7, 11) is 1.55. The van der Waals surface area contributed by atoms with Crippen LogP contribution in [0, 0.1) is 5.41 Å². The first kappa shape index (κ1) is 11.8. The molecule has 1 aromatic carbocycles. The highest BCUT2D eigenvalue weighted by Crippen LogP contribution is 2.44. The highest BCUT2D eigenvalue weighted by molar-refractivity contribution is 5.95. The van der Waals surface area contributed by atoms with E-state index < -0.39 is 0 Å². The average molecular weight is 234 g/mol. The molecule has 1 aromatic rings. The van der Waals surface area contributed by atoms with E-state index in [0.29, 0.717) is 17.0 Å². The maximum Gasteiger partial charge on any atom is 0.251 e. The third-order valence-electron chi connectivity index (χ3n) is 3.31. The lowest BCUT2D eigenvalue weighted by Crippen LogP contribution is -2.28. The van der Waals surface area contributed by atoms with Gasteiger partial charge in [0.2, 0.25) is 0 Å². The Morgan fingerprint density at radius 2 is 2.18 bits per heavy atom. The van der Waals surface area contributed by atoms with Gasteiger partial charge in [0.25, 0.3) is 5.91 Å². The van der Waals surface area contributed by atoms with Crippen molar-refractivity contribution in [1.82, 2.24) is 5.32 Å². The van der Waals surface area contributed by atoms with Crippen LogP contribution in [0.4, 0.5) is 5.69 Å². The maximum atomic E-state index is 11.9.